The van der Waals surface area contributed by atoms with Gasteiger partial charge in [-0.25, -0.2) is 4.79 Å². The summed E-state index contributed by atoms with van der Waals surface area (Å²) < 4.78 is 9.74. The molecule has 0 aliphatic carbocycles. The summed E-state index contributed by atoms with van der Waals surface area (Å²) in [6, 6.07) is 1.38. The summed E-state index contributed by atoms with van der Waals surface area (Å²) in [5.41, 5.74) is 0.675. The maximum absolute atomic E-state index is 11.8. The van der Waals surface area contributed by atoms with Gasteiger partial charge in [0.15, 0.2) is 0 Å². The van der Waals surface area contributed by atoms with Crippen molar-refractivity contribution in [3.63, 3.8) is 0 Å². The standard InChI is InChI=1S/C14H22N2O4/c1-9(2)7-11(13(17)15-3)16-8-10-5-6-20-12(10)14(18)19-4/h5-6,9,11,16H,7-8H2,1-4H3,(H,15,17). The Hall–Kier alpha value is -1.82. The Morgan fingerprint density at radius 3 is 2.65 bits per heavy atom. The summed E-state index contributed by atoms with van der Waals surface area (Å²) in [7, 11) is 2.91. The van der Waals surface area contributed by atoms with Crippen LogP contribution in [0, 0.1) is 5.92 Å². The lowest BCUT2D eigenvalue weighted by molar-refractivity contribution is -0.123. The van der Waals surface area contributed by atoms with E-state index >= 15 is 0 Å². The van der Waals surface area contributed by atoms with Crippen LogP contribution in [0.4, 0.5) is 0 Å². The zero-order chi connectivity index (χ0) is 15.1. The highest BCUT2D eigenvalue weighted by molar-refractivity contribution is 5.87. The van der Waals surface area contributed by atoms with Gasteiger partial charge in [0.2, 0.25) is 11.7 Å². The fourth-order valence-corrected chi connectivity index (χ4v) is 1.91. The number of nitrogens with one attached hydrogen (secondary N) is 2. The van der Waals surface area contributed by atoms with Crippen molar-refractivity contribution in [2.24, 2.45) is 5.92 Å². The van der Waals surface area contributed by atoms with Crippen molar-refractivity contribution in [2.75, 3.05) is 14.2 Å². The number of carbonyl (C=O) groups is 2. The van der Waals surface area contributed by atoms with Gasteiger partial charge in [-0.1, -0.05) is 13.8 Å². The molecule has 0 saturated heterocycles. The molecule has 0 spiro atoms. The topological polar surface area (TPSA) is 80.6 Å². The Bertz CT molecular complexity index is 454. The summed E-state index contributed by atoms with van der Waals surface area (Å²) in [5.74, 6) is -0.0385. The van der Waals surface area contributed by atoms with E-state index < -0.39 is 5.97 Å². The molecule has 1 heterocycles. The lowest BCUT2D eigenvalue weighted by Crippen LogP contribution is -2.43. The van der Waals surface area contributed by atoms with Crippen LogP contribution >= 0.6 is 0 Å². The average Bonchev–Trinajstić information content (AvgIpc) is 2.89. The predicted octanol–water partition coefficient (Wildman–Crippen LogP) is 1.32. The third-order valence-corrected chi connectivity index (χ3v) is 2.93. The van der Waals surface area contributed by atoms with Crippen molar-refractivity contribution in [3.8, 4) is 0 Å². The molecule has 1 unspecified atom stereocenters. The molecule has 0 bridgehead atoms. The quantitative estimate of drug-likeness (QED) is 0.737. The molecule has 0 fully saturated rings. The molecule has 1 aromatic heterocycles. The summed E-state index contributed by atoms with van der Waals surface area (Å²) in [6.45, 7) is 4.47. The van der Waals surface area contributed by atoms with Crippen LogP contribution in [0.15, 0.2) is 16.7 Å². The molecule has 0 radical (unpaired) electrons. The minimum Gasteiger partial charge on any atom is -0.463 e. The largest absolute Gasteiger partial charge is 0.463 e. The summed E-state index contributed by atoms with van der Waals surface area (Å²) in [5, 5.41) is 5.78. The second-order valence-electron chi connectivity index (χ2n) is 4.94. The zero-order valence-corrected chi connectivity index (χ0v) is 12.4. The van der Waals surface area contributed by atoms with Gasteiger partial charge in [-0.2, -0.15) is 0 Å². The van der Waals surface area contributed by atoms with Gasteiger partial charge in [-0.3, -0.25) is 4.79 Å². The van der Waals surface area contributed by atoms with E-state index in [-0.39, 0.29) is 17.7 Å². The van der Waals surface area contributed by atoms with Crippen molar-refractivity contribution in [3.05, 3.63) is 23.7 Å². The first-order valence-corrected chi connectivity index (χ1v) is 6.59. The Morgan fingerprint density at radius 2 is 2.10 bits per heavy atom. The molecule has 6 heteroatoms. The molecule has 20 heavy (non-hydrogen) atoms. The first-order valence-electron chi connectivity index (χ1n) is 6.59. The Kier molecular flexibility index (Phi) is 6.24. The fraction of sp³-hybridized carbons (Fsp3) is 0.571. The highest BCUT2D eigenvalue weighted by Gasteiger charge is 2.21. The van der Waals surface area contributed by atoms with Crippen LogP contribution < -0.4 is 10.6 Å². The van der Waals surface area contributed by atoms with Gasteiger partial charge in [0.25, 0.3) is 0 Å². The summed E-state index contributed by atoms with van der Waals surface area (Å²) in [4.78, 5) is 23.3. The van der Waals surface area contributed by atoms with Crippen LogP contribution in [0.2, 0.25) is 0 Å². The van der Waals surface area contributed by atoms with E-state index in [1.165, 1.54) is 13.4 Å². The smallest absolute Gasteiger partial charge is 0.374 e. The molecule has 6 nitrogen and oxygen atoms in total. The van der Waals surface area contributed by atoms with Crippen molar-refractivity contribution in [1.82, 2.24) is 10.6 Å². The molecule has 0 aliphatic heterocycles. The minimum atomic E-state index is -0.521. The molecule has 2 N–H and O–H groups in total. The van der Waals surface area contributed by atoms with Gasteiger partial charge in [-0.05, 0) is 18.4 Å². The third kappa shape index (κ3) is 4.38. The van der Waals surface area contributed by atoms with Crippen LogP contribution in [0.25, 0.3) is 0 Å². The summed E-state index contributed by atoms with van der Waals surface area (Å²) in [6.07, 6.45) is 2.14. The molecule has 0 saturated carbocycles. The molecule has 0 aromatic carbocycles. The van der Waals surface area contributed by atoms with Crippen LogP contribution in [0.3, 0.4) is 0 Å². The monoisotopic (exact) mass is 282 g/mol. The normalized spacial score (nSPS) is 12.2. The van der Waals surface area contributed by atoms with Crippen molar-refractivity contribution in [2.45, 2.75) is 32.9 Å². The predicted molar refractivity (Wildman–Crippen MR) is 74.2 cm³/mol. The molecule has 0 aliphatic rings. The number of hydrogen-bond acceptors (Lipinski definition) is 5. The number of methoxy groups -OCH3 is 1. The van der Waals surface area contributed by atoms with Crippen LogP contribution in [-0.4, -0.2) is 32.1 Å². The lowest BCUT2D eigenvalue weighted by atomic mass is 10.0. The van der Waals surface area contributed by atoms with Crippen LogP contribution in [0.1, 0.15) is 36.4 Å². The minimum absolute atomic E-state index is 0.0678. The second-order valence-corrected chi connectivity index (χ2v) is 4.94. The van der Waals surface area contributed by atoms with Gasteiger partial charge in [0, 0.05) is 19.2 Å². The van der Waals surface area contributed by atoms with E-state index in [0.29, 0.717) is 24.4 Å². The number of carbonyl (C=O) groups excluding carboxylic acids is 2. The lowest BCUT2D eigenvalue weighted by Gasteiger charge is -2.19. The van der Waals surface area contributed by atoms with Crippen molar-refractivity contribution in [1.29, 1.82) is 0 Å². The summed E-state index contributed by atoms with van der Waals surface area (Å²) >= 11 is 0. The number of esters is 1. The highest BCUT2D eigenvalue weighted by atomic mass is 16.5. The third-order valence-electron chi connectivity index (χ3n) is 2.93. The van der Waals surface area contributed by atoms with Gasteiger partial charge in [0.1, 0.15) is 0 Å². The molecule has 1 aromatic rings. The first-order chi connectivity index (χ1) is 9.49. The molecular weight excluding hydrogens is 260 g/mol. The molecule has 1 rings (SSSR count). The van der Waals surface area contributed by atoms with E-state index in [2.05, 4.69) is 29.2 Å². The number of amides is 1. The molecule has 112 valence electrons. The number of furan rings is 1. The molecule has 1 amide bonds. The molecular formula is C14H22N2O4. The van der Waals surface area contributed by atoms with E-state index in [1.807, 2.05) is 0 Å². The zero-order valence-electron chi connectivity index (χ0n) is 12.4. The Balaban J connectivity index is 2.70. The van der Waals surface area contributed by atoms with Crippen molar-refractivity contribution >= 4 is 11.9 Å². The second kappa shape index (κ2) is 7.69. The fourth-order valence-electron chi connectivity index (χ4n) is 1.91. The van der Waals surface area contributed by atoms with Gasteiger partial charge in [0.05, 0.1) is 19.4 Å². The molecule has 1 atom stereocenters. The number of likely N-dealkylation sites (N-methyl/N-ethyl adjacent to an activating group) is 1. The Labute approximate surface area is 118 Å². The van der Waals surface area contributed by atoms with Gasteiger partial charge in [-0.15, -0.1) is 0 Å². The SMILES string of the molecule is CNC(=O)C(CC(C)C)NCc1ccoc1C(=O)OC. The highest BCUT2D eigenvalue weighted by Crippen LogP contribution is 2.13. The van der Waals surface area contributed by atoms with E-state index in [0.717, 1.165) is 0 Å². The first kappa shape index (κ1) is 16.2. The van der Waals surface area contributed by atoms with Crippen molar-refractivity contribution < 1.29 is 18.7 Å². The Morgan fingerprint density at radius 1 is 1.40 bits per heavy atom. The van der Waals surface area contributed by atoms with E-state index in [1.54, 1.807) is 13.1 Å². The van der Waals surface area contributed by atoms with Crippen LogP contribution in [0.5, 0.6) is 0 Å². The average molecular weight is 282 g/mol. The maximum atomic E-state index is 11.8. The van der Waals surface area contributed by atoms with Gasteiger partial charge < -0.3 is 19.8 Å². The number of ether oxygens (including phenoxy) is 1. The number of hydrogen-bond donors (Lipinski definition) is 2. The number of rotatable bonds is 7. The van der Waals surface area contributed by atoms with Crippen LogP contribution in [-0.2, 0) is 16.1 Å². The van der Waals surface area contributed by atoms with Gasteiger partial charge >= 0.3 is 5.97 Å². The maximum Gasteiger partial charge on any atom is 0.374 e. The van der Waals surface area contributed by atoms with E-state index in [9.17, 15) is 9.59 Å². The van der Waals surface area contributed by atoms with E-state index in [4.69, 9.17) is 4.42 Å².